The van der Waals surface area contributed by atoms with Crippen molar-refractivity contribution in [3.05, 3.63) is 29.6 Å². The second-order valence-electron chi connectivity index (χ2n) is 3.62. The summed E-state index contributed by atoms with van der Waals surface area (Å²) in [6, 6.07) is 4.77. The van der Waals surface area contributed by atoms with Crippen LogP contribution in [0.1, 0.15) is 18.4 Å². The number of esters is 1. The van der Waals surface area contributed by atoms with Crippen molar-refractivity contribution >= 4 is 11.7 Å². The van der Waals surface area contributed by atoms with Gasteiger partial charge in [-0.15, -0.1) is 0 Å². The van der Waals surface area contributed by atoms with Gasteiger partial charge in [-0.3, -0.25) is 4.79 Å². The Labute approximate surface area is 94.6 Å². The Kier molecular flexibility index (Phi) is 4.76. The minimum atomic E-state index is -0.254. The van der Waals surface area contributed by atoms with Crippen molar-refractivity contribution in [2.75, 3.05) is 19.0 Å². The maximum Gasteiger partial charge on any atom is 0.305 e. The number of carbonyl (C=O) groups excluding carboxylic acids is 1. The topological polar surface area (TPSA) is 38.3 Å². The molecule has 0 aliphatic carbocycles. The van der Waals surface area contributed by atoms with Gasteiger partial charge in [0.25, 0.3) is 0 Å². The van der Waals surface area contributed by atoms with Gasteiger partial charge in [0.15, 0.2) is 0 Å². The summed E-state index contributed by atoms with van der Waals surface area (Å²) in [6.45, 7) is 2.46. The standard InChI is InChI=1S/C12H16FNO2/c1-9-6-10(13)8-11(7-9)14-5-3-4-12(15)16-2/h6-8,14H,3-5H2,1-2H3. The van der Waals surface area contributed by atoms with E-state index >= 15 is 0 Å². The number of hydrogen-bond acceptors (Lipinski definition) is 3. The van der Waals surface area contributed by atoms with E-state index in [1.54, 1.807) is 0 Å². The highest BCUT2D eigenvalue weighted by molar-refractivity contribution is 5.69. The highest BCUT2D eigenvalue weighted by Crippen LogP contribution is 2.13. The van der Waals surface area contributed by atoms with E-state index in [9.17, 15) is 9.18 Å². The molecular weight excluding hydrogens is 209 g/mol. The number of ether oxygens (including phenoxy) is 1. The molecule has 0 saturated heterocycles. The van der Waals surface area contributed by atoms with Gasteiger partial charge in [0.05, 0.1) is 7.11 Å². The van der Waals surface area contributed by atoms with Gasteiger partial charge in [-0.05, 0) is 37.1 Å². The van der Waals surface area contributed by atoms with Gasteiger partial charge in [0.2, 0.25) is 0 Å². The summed E-state index contributed by atoms with van der Waals surface area (Å²) < 4.78 is 17.5. The van der Waals surface area contributed by atoms with E-state index in [1.807, 2.05) is 13.0 Å². The maximum absolute atomic E-state index is 13.0. The molecule has 1 aromatic carbocycles. The second kappa shape index (κ2) is 6.10. The molecule has 0 unspecified atom stereocenters. The highest BCUT2D eigenvalue weighted by Gasteiger charge is 2.00. The van der Waals surface area contributed by atoms with Crippen LogP contribution in [0.5, 0.6) is 0 Å². The molecule has 0 aliphatic heterocycles. The van der Waals surface area contributed by atoms with E-state index in [0.717, 1.165) is 11.3 Å². The number of halogens is 1. The van der Waals surface area contributed by atoms with Crippen molar-refractivity contribution in [3.8, 4) is 0 Å². The molecular formula is C12H16FNO2. The molecule has 0 heterocycles. The monoisotopic (exact) mass is 225 g/mol. The summed E-state index contributed by atoms with van der Waals surface area (Å²) >= 11 is 0. The largest absolute Gasteiger partial charge is 0.469 e. The zero-order valence-corrected chi connectivity index (χ0v) is 9.55. The van der Waals surface area contributed by atoms with Crippen molar-refractivity contribution in [1.29, 1.82) is 0 Å². The SMILES string of the molecule is COC(=O)CCCNc1cc(C)cc(F)c1. The van der Waals surface area contributed by atoms with E-state index in [-0.39, 0.29) is 11.8 Å². The molecule has 0 fully saturated rings. The van der Waals surface area contributed by atoms with Crippen LogP contribution in [-0.4, -0.2) is 19.6 Å². The Morgan fingerprint density at radius 3 is 2.81 bits per heavy atom. The molecule has 0 aromatic heterocycles. The predicted octanol–water partition coefficient (Wildman–Crippen LogP) is 2.50. The first kappa shape index (κ1) is 12.5. The van der Waals surface area contributed by atoms with E-state index < -0.39 is 0 Å². The van der Waals surface area contributed by atoms with Crippen molar-refractivity contribution < 1.29 is 13.9 Å². The number of hydrogen-bond donors (Lipinski definition) is 1. The average molecular weight is 225 g/mol. The molecule has 1 N–H and O–H groups in total. The lowest BCUT2D eigenvalue weighted by Crippen LogP contribution is -2.06. The molecule has 16 heavy (non-hydrogen) atoms. The van der Waals surface area contributed by atoms with Gasteiger partial charge in [0, 0.05) is 18.7 Å². The quantitative estimate of drug-likeness (QED) is 0.618. The van der Waals surface area contributed by atoms with Crippen LogP contribution < -0.4 is 5.32 Å². The number of anilines is 1. The molecule has 4 heteroatoms. The van der Waals surface area contributed by atoms with Crippen LogP contribution in [0.15, 0.2) is 18.2 Å². The number of benzene rings is 1. The highest BCUT2D eigenvalue weighted by atomic mass is 19.1. The lowest BCUT2D eigenvalue weighted by molar-refractivity contribution is -0.140. The van der Waals surface area contributed by atoms with Crippen LogP contribution in [0, 0.1) is 12.7 Å². The molecule has 0 radical (unpaired) electrons. The zero-order chi connectivity index (χ0) is 12.0. The van der Waals surface area contributed by atoms with E-state index in [1.165, 1.54) is 19.2 Å². The number of methoxy groups -OCH3 is 1. The fraction of sp³-hybridized carbons (Fsp3) is 0.417. The first-order valence-electron chi connectivity index (χ1n) is 5.19. The fourth-order valence-corrected chi connectivity index (χ4v) is 1.41. The minimum absolute atomic E-state index is 0.225. The summed E-state index contributed by atoms with van der Waals surface area (Å²) in [5.41, 5.74) is 1.61. The third-order valence-corrected chi connectivity index (χ3v) is 2.16. The third-order valence-electron chi connectivity index (χ3n) is 2.16. The summed E-state index contributed by atoms with van der Waals surface area (Å²) in [4.78, 5) is 10.8. The lowest BCUT2D eigenvalue weighted by Gasteiger charge is -2.07. The van der Waals surface area contributed by atoms with Gasteiger partial charge in [-0.25, -0.2) is 4.39 Å². The number of aryl methyl sites for hydroxylation is 1. The number of carbonyl (C=O) groups is 1. The summed E-state index contributed by atoms with van der Waals surface area (Å²) in [7, 11) is 1.37. The summed E-state index contributed by atoms with van der Waals surface area (Å²) in [5.74, 6) is -0.479. The van der Waals surface area contributed by atoms with E-state index in [2.05, 4.69) is 10.1 Å². The molecule has 88 valence electrons. The Morgan fingerprint density at radius 2 is 2.19 bits per heavy atom. The molecule has 0 aliphatic rings. The average Bonchev–Trinajstić information content (AvgIpc) is 2.22. The van der Waals surface area contributed by atoms with Crippen molar-refractivity contribution in [2.24, 2.45) is 0 Å². The number of nitrogens with one attached hydrogen (secondary N) is 1. The Bertz CT molecular complexity index is 346. The predicted molar refractivity (Wildman–Crippen MR) is 60.9 cm³/mol. The van der Waals surface area contributed by atoms with E-state index in [0.29, 0.717) is 19.4 Å². The van der Waals surface area contributed by atoms with Crippen molar-refractivity contribution in [1.82, 2.24) is 0 Å². The Morgan fingerprint density at radius 1 is 1.44 bits per heavy atom. The van der Waals surface area contributed by atoms with Crippen LogP contribution in [0.2, 0.25) is 0 Å². The lowest BCUT2D eigenvalue weighted by atomic mass is 10.2. The summed E-state index contributed by atoms with van der Waals surface area (Å²) in [6.07, 6.45) is 1.04. The van der Waals surface area contributed by atoms with Gasteiger partial charge >= 0.3 is 5.97 Å². The molecule has 0 amide bonds. The van der Waals surface area contributed by atoms with Gasteiger partial charge in [-0.1, -0.05) is 0 Å². The Hall–Kier alpha value is -1.58. The molecule has 0 bridgehead atoms. The van der Waals surface area contributed by atoms with Gasteiger partial charge < -0.3 is 10.1 Å². The van der Waals surface area contributed by atoms with Gasteiger partial charge in [0.1, 0.15) is 5.82 Å². The van der Waals surface area contributed by atoms with Crippen molar-refractivity contribution in [3.63, 3.8) is 0 Å². The molecule has 0 atom stereocenters. The molecule has 1 aromatic rings. The normalized spacial score (nSPS) is 9.94. The van der Waals surface area contributed by atoms with Gasteiger partial charge in [-0.2, -0.15) is 0 Å². The van der Waals surface area contributed by atoms with Crippen molar-refractivity contribution in [2.45, 2.75) is 19.8 Å². The molecule has 3 nitrogen and oxygen atoms in total. The fourth-order valence-electron chi connectivity index (χ4n) is 1.41. The maximum atomic E-state index is 13.0. The molecule has 0 spiro atoms. The number of rotatable bonds is 5. The molecule has 0 saturated carbocycles. The molecule has 1 rings (SSSR count). The van der Waals surface area contributed by atoms with Crippen LogP contribution in [0.25, 0.3) is 0 Å². The third kappa shape index (κ3) is 4.29. The first-order chi connectivity index (χ1) is 7.61. The summed E-state index contributed by atoms with van der Waals surface area (Å²) in [5, 5.41) is 3.06. The zero-order valence-electron chi connectivity index (χ0n) is 9.55. The van der Waals surface area contributed by atoms with Crippen LogP contribution in [0.3, 0.4) is 0 Å². The Balaban J connectivity index is 2.34. The first-order valence-corrected chi connectivity index (χ1v) is 5.19. The van der Waals surface area contributed by atoms with Crippen LogP contribution >= 0.6 is 0 Å². The minimum Gasteiger partial charge on any atom is -0.469 e. The van der Waals surface area contributed by atoms with Crippen LogP contribution in [0.4, 0.5) is 10.1 Å². The smallest absolute Gasteiger partial charge is 0.305 e. The second-order valence-corrected chi connectivity index (χ2v) is 3.62. The van der Waals surface area contributed by atoms with Crippen LogP contribution in [-0.2, 0) is 9.53 Å². The van der Waals surface area contributed by atoms with E-state index in [4.69, 9.17) is 0 Å².